The van der Waals surface area contributed by atoms with Crippen LogP contribution in [0, 0.1) is 11.8 Å². The smallest absolute Gasteiger partial charge is 0.313 e. The highest BCUT2D eigenvalue weighted by molar-refractivity contribution is 5.75. The van der Waals surface area contributed by atoms with Crippen molar-refractivity contribution >= 4 is 5.97 Å². The van der Waals surface area contributed by atoms with Crippen LogP contribution in [0.5, 0.6) is 0 Å². The Morgan fingerprint density at radius 3 is 2.00 bits per heavy atom. The van der Waals surface area contributed by atoms with E-state index in [4.69, 9.17) is 5.11 Å². The average Bonchev–Trinajstić information content (AvgIpc) is 2.07. The summed E-state index contributed by atoms with van der Waals surface area (Å²) in [5, 5.41) is 8.08. The van der Waals surface area contributed by atoms with Crippen LogP contribution in [0.15, 0.2) is 0 Å². The van der Waals surface area contributed by atoms with E-state index in [-0.39, 0.29) is 0 Å². The molecule has 2 nitrogen and oxygen atoms in total. The molecule has 9 heavy (non-hydrogen) atoms. The van der Waals surface area contributed by atoms with Crippen molar-refractivity contribution in [1.82, 2.24) is 0 Å². The molecule has 1 N–H and O–H groups in total. The predicted molar refractivity (Wildman–Crippen MR) is 25.2 cm³/mol. The first-order valence-corrected chi connectivity index (χ1v) is 2.58. The topological polar surface area (TPSA) is 37.3 Å². The van der Waals surface area contributed by atoms with Gasteiger partial charge in [0.2, 0.25) is 0 Å². The van der Waals surface area contributed by atoms with Gasteiger partial charge in [-0.05, 0) is 0 Å². The van der Waals surface area contributed by atoms with Crippen LogP contribution in [0.25, 0.3) is 0 Å². The van der Waals surface area contributed by atoms with E-state index in [1.54, 1.807) is 0 Å². The SMILES string of the molecule is CC1C(C(=O)O)C1(F)F. The molecule has 2 atom stereocenters. The fourth-order valence-corrected chi connectivity index (χ4v) is 0.858. The lowest BCUT2D eigenvalue weighted by atomic mass is 10.3. The van der Waals surface area contributed by atoms with Crippen molar-refractivity contribution in [1.29, 1.82) is 0 Å². The van der Waals surface area contributed by atoms with Crippen LogP contribution < -0.4 is 0 Å². The molecule has 0 aromatic heterocycles. The maximum Gasteiger partial charge on any atom is 0.313 e. The van der Waals surface area contributed by atoms with Crippen molar-refractivity contribution in [3.05, 3.63) is 0 Å². The summed E-state index contributed by atoms with van der Waals surface area (Å²) in [6.07, 6.45) is 0. The summed E-state index contributed by atoms with van der Waals surface area (Å²) in [6, 6.07) is 0. The third-order valence-corrected chi connectivity index (χ3v) is 1.68. The lowest BCUT2D eigenvalue weighted by molar-refractivity contribution is -0.140. The highest BCUT2D eigenvalue weighted by Crippen LogP contribution is 2.54. The van der Waals surface area contributed by atoms with Crippen molar-refractivity contribution in [3.63, 3.8) is 0 Å². The molecule has 0 amide bonds. The first kappa shape index (κ1) is 6.45. The van der Waals surface area contributed by atoms with Gasteiger partial charge in [0.15, 0.2) is 0 Å². The van der Waals surface area contributed by atoms with E-state index in [2.05, 4.69) is 0 Å². The third-order valence-electron chi connectivity index (χ3n) is 1.68. The zero-order valence-corrected chi connectivity index (χ0v) is 4.77. The molecule has 0 spiro atoms. The molecule has 52 valence electrons. The average molecular weight is 136 g/mol. The van der Waals surface area contributed by atoms with Gasteiger partial charge in [0.1, 0.15) is 5.92 Å². The highest BCUT2D eigenvalue weighted by Gasteiger charge is 2.69. The van der Waals surface area contributed by atoms with Gasteiger partial charge in [-0.2, -0.15) is 0 Å². The molecule has 1 aliphatic rings. The summed E-state index contributed by atoms with van der Waals surface area (Å²) in [6.45, 7) is 1.23. The zero-order valence-electron chi connectivity index (χ0n) is 4.77. The number of carboxylic acid groups (broad SMARTS) is 1. The molecule has 0 radical (unpaired) electrons. The normalized spacial score (nSPS) is 38.1. The molecule has 1 rings (SSSR count). The Morgan fingerprint density at radius 1 is 1.67 bits per heavy atom. The molecular formula is C5H6F2O2. The third kappa shape index (κ3) is 0.693. The molecule has 0 bridgehead atoms. The molecule has 1 aliphatic carbocycles. The van der Waals surface area contributed by atoms with E-state index < -0.39 is 23.7 Å². The van der Waals surface area contributed by atoms with Crippen LogP contribution in [-0.4, -0.2) is 17.0 Å². The van der Waals surface area contributed by atoms with E-state index >= 15 is 0 Å². The second kappa shape index (κ2) is 1.43. The maximum atomic E-state index is 12.1. The first-order chi connectivity index (χ1) is 3.98. The summed E-state index contributed by atoms with van der Waals surface area (Å²) in [4.78, 5) is 9.91. The minimum atomic E-state index is -2.95. The number of alkyl halides is 2. The van der Waals surface area contributed by atoms with Gasteiger partial charge in [0.25, 0.3) is 5.92 Å². The van der Waals surface area contributed by atoms with Gasteiger partial charge in [-0.15, -0.1) is 0 Å². The molecule has 0 aliphatic heterocycles. The molecule has 0 aromatic carbocycles. The van der Waals surface area contributed by atoms with Gasteiger partial charge >= 0.3 is 5.97 Å². The van der Waals surface area contributed by atoms with Crippen LogP contribution in [-0.2, 0) is 4.79 Å². The van der Waals surface area contributed by atoms with E-state index in [1.807, 2.05) is 0 Å². The summed E-state index contributed by atoms with van der Waals surface area (Å²) in [5.41, 5.74) is 0. The number of rotatable bonds is 1. The van der Waals surface area contributed by atoms with Gasteiger partial charge < -0.3 is 5.11 Å². The molecule has 4 heteroatoms. The molecule has 2 unspecified atom stereocenters. The number of carbonyl (C=O) groups is 1. The summed E-state index contributed by atoms with van der Waals surface area (Å²) in [7, 11) is 0. The highest BCUT2D eigenvalue weighted by atomic mass is 19.3. The monoisotopic (exact) mass is 136 g/mol. The van der Waals surface area contributed by atoms with Gasteiger partial charge in [-0.3, -0.25) is 4.79 Å². The lowest BCUT2D eigenvalue weighted by Crippen LogP contribution is -2.04. The van der Waals surface area contributed by atoms with E-state index in [1.165, 1.54) is 6.92 Å². The second-order valence-corrected chi connectivity index (χ2v) is 2.28. The Morgan fingerprint density at radius 2 is 2.00 bits per heavy atom. The summed E-state index contributed by atoms with van der Waals surface area (Å²) >= 11 is 0. The number of carboxylic acids is 1. The number of aliphatic carboxylic acids is 1. The van der Waals surface area contributed by atoms with Crippen LogP contribution >= 0.6 is 0 Å². The predicted octanol–water partition coefficient (Wildman–Crippen LogP) is 0.972. The molecular weight excluding hydrogens is 130 g/mol. The van der Waals surface area contributed by atoms with Crippen molar-refractivity contribution < 1.29 is 18.7 Å². The zero-order chi connectivity index (χ0) is 7.23. The minimum absolute atomic E-state index is 0.977. The molecule has 1 saturated carbocycles. The summed E-state index contributed by atoms with van der Waals surface area (Å²) in [5.74, 6) is -6.76. The van der Waals surface area contributed by atoms with E-state index in [9.17, 15) is 13.6 Å². The summed E-state index contributed by atoms with van der Waals surface area (Å²) < 4.78 is 24.1. The standard InChI is InChI=1S/C5H6F2O2/c1-2-3(4(8)9)5(2,6)7/h2-3H,1H3,(H,8,9). The molecule has 1 fully saturated rings. The number of halogens is 2. The Hall–Kier alpha value is -0.670. The maximum absolute atomic E-state index is 12.1. The Balaban J connectivity index is 2.62. The van der Waals surface area contributed by atoms with E-state index in [0.717, 1.165) is 0 Å². The van der Waals surface area contributed by atoms with Crippen molar-refractivity contribution in [2.24, 2.45) is 11.8 Å². The van der Waals surface area contributed by atoms with Crippen molar-refractivity contribution in [2.75, 3.05) is 0 Å². The molecule has 0 heterocycles. The van der Waals surface area contributed by atoms with Gasteiger partial charge in [0.05, 0.1) is 0 Å². The Kier molecular flexibility index (Phi) is 1.03. The van der Waals surface area contributed by atoms with Gasteiger partial charge in [0, 0.05) is 5.92 Å². The Labute approximate surface area is 50.5 Å². The quantitative estimate of drug-likeness (QED) is 0.583. The first-order valence-electron chi connectivity index (χ1n) is 2.58. The molecule has 0 saturated heterocycles. The van der Waals surface area contributed by atoms with Crippen LogP contribution in [0.4, 0.5) is 8.78 Å². The largest absolute Gasteiger partial charge is 0.481 e. The fraction of sp³-hybridized carbons (Fsp3) is 0.800. The van der Waals surface area contributed by atoms with Crippen molar-refractivity contribution in [2.45, 2.75) is 12.8 Å². The minimum Gasteiger partial charge on any atom is -0.481 e. The van der Waals surface area contributed by atoms with E-state index in [0.29, 0.717) is 0 Å². The van der Waals surface area contributed by atoms with Crippen LogP contribution in [0.3, 0.4) is 0 Å². The van der Waals surface area contributed by atoms with Crippen LogP contribution in [0.1, 0.15) is 6.92 Å². The van der Waals surface area contributed by atoms with Crippen LogP contribution in [0.2, 0.25) is 0 Å². The fourth-order valence-electron chi connectivity index (χ4n) is 0.858. The van der Waals surface area contributed by atoms with Crippen molar-refractivity contribution in [3.8, 4) is 0 Å². The van der Waals surface area contributed by atoms with Gasteiger partial charge in [-0.1, -0.05) is 6.92 Å². The Bertz CT molecular complexity index is 155. The number of hydrogen-bond acceptors (Lipinski definition) is 1. The second-order valence-electron chi connectivity index (χ2n) is 2.28. The lowest BCUT2D eigenvalue weighted by Gasteiger charge is -1.86. The number of hydrogen-bond donors (Lipinski definition) is 1. The van der Waals surface area contributed by atoms with Gasteiger partial charge in [-0.25, -0.2) is 8.78 Å². The molecule has 0 aromatic rings.